The van der Waals surface area contributed by atoms with Gasteiger partial charge < -0.3 is 5.73 Å². The summed E-state index contributed by atoms with van der Waals surface area (Å²) in [5.74, 6) is 1.90. The fourth-order valence-corrected chi connectivity index (χ4v) is 3.32. The first-order valence-electron chi connectivity index (χ1n) is 5.77. The van der Waals surface area contributed by atoms with Gasteiger partial charge in [-0.25, -0.2) is 0 Å². The van der Waals surface area contributed by atoms with E-state index in [0.717, 1.165) is 31.0 Å². The van der Waals surface area contributed by atoms with E-state index < -0.39 is 0 Å². The van der Waals surface area contributed by atoms with Crippen LogP contribution in [0.3, 0.4) is 0 Å². The maximum Gasteiger partial charge on any atom is 0.0127 e. The SMILES string of the molecule is CC1CN(CCN)C2CCCCC12. The Bertz CT molecular complexity index is 169. The summed E-state index contributed by atoms with van der Waals surface area (Å²) in [6.45, 7) is 5.66. The van der Waals surface area contributed by atoms with Crippen LogP contribution in [0.15, 0.2) is 0 Å². The summed E-state index contributed by atoms with van der Waals surface area (Å²) < 4.78 is 0. The summed E-state index contributed by atoms with van der Waals surface area (Å²) in [4.78, 5) is 2.63. The summed E-state index contributed by atoms with van der Waals surface area (Å²) in [5, 5.41) is 0. The minimum atomic E-state index is 0.829. The van der Waals surface area contributed by atoms with Crippen molar-refractivity contribution in [3.05, 3.63) is 0 Å². The predicted molar refractivity (Wildman–Crippen MR) is 55.5 cm³/mol. The van der Waals surface area contributed by atoms with Gasteiger partial charge in [0.05, 0.1) is 0 Å². The molecule has 3 atom stereocenters. The van der Waals surface area contributed by atoms with E-state index in [4.69, 9.17) is 5.73 Å². The van der Waals surface area contributed by atoms with Crippen LogP contribution in [0.5, 0.6) is 0 Å². The van der Waals surface area contributed by atoms with Crippen LogP contribution in [-0.4, -0.2) is 30.6 Å². The van der Waals surface area contributed by atoms with E-state index in [1.807, 2.05) is 0 Å². The van der Waals surface area contributed by atoms with E-state index in [9.17, 15) is 0 Å². The van der Waals surface area contributed by atoms with Crippen LogP contribution in [0.25, 0.3) is 0 Å². The summed E-state index contributed by atoms with van der Waals surface area (Å²) in [6.07, 6.45) is 5.79. The molecule has 13 heavy (non-hydrogen) atoms. The van der Waals surface area contributed by atoms with E-state index >= 15 is 0 Å². The van der Waals surface area contributed by atoms with Gasteiger partial charge in [-0.05, 0) is 24.7 Å². The third-order valence-corrected chi connectivity index (χ3v) is 3.92. The zero-order valence-electron chi connectivity index (χ0n) is 8.71. The molecule has 1 heterocycles. The standard InChI is InChI=1S/C11H22N2/c1-9-8-13(7-6-12)11-5-3-2-4-10(9)11/h9-11H,2-8,12H2,1H3. The smallest absolute Gasteiger partial charge is 0.0127 e. The molecule has 2 heteroatoms. The average Bonchev–Trinajstić information content (AvgIpc) is 2.46. The fraction of sp³-hybridized carbons (Fsp3) is 1.00. The normalized spacial score (nSPS) is 40.6. The molecule has 2 fully saturated rings. The molecule has 0 aromatic rings. The summed E-state index contributed by atoms with van der Waals surface area (Å²) in [5.41, 5.74) is 5.63. The van der Waals surface area contributed by atoms with Crippen molar-refractivity contribution in [3.8, 4) is 0 Å². The predicted octanol–water partition coefficient (Wildman–Crippen LogP) is 1.46. The first kappa shape index (κ1) is 9.47. The lowest BCUT2D eigenvalue weighted by molar-refractivity contribution is 0.183. The van der Waals surface area contributed by atoms with Crippen molar-refractivity contribution in [1.29, 1.82) is 0 Å². The molecule has 0 radical (unpaired) electrons. The summed E-state index contributed by atoms with van der Waals surface area (Å²) in [6, 6.07) is 0.882. The molecule has 2 rings (SSSR count). The van der Waals surface area contributed by atoms with Gasteiger partial charge in [0.25, 0.3) is 0 Å². The molecule has 1 aliphatic heterocycles. The molecule has 0 aromatic carbocycles. The summed E-state index contributed by atoms with van der Waals surface area (Å²) >= 11 is 0. The Kier molecular flexibility index (Phi) is 2.89. The van der Waals surface area contributed by atoms with Crippen molar-refractivity contribution in [2.24, 2.45) is 17.6 Å². The molecule has 2 aliphatic rings. The van der Waals surface area contributed by atoms with Gasteiger partial charge in [0.2, 0.25) is 0 Å². The van der Waals surface area contributed by atoms with E-state index in [-0.39, 0.29) is 0 Å². The van der Waals surface area contributed by atoms with Crippen LogP contribution in [-0.2, 0) is 0 Å². The lowest BCUT2D eigenvalue weighted by Gasteiger charge is -2.31. The van der Waals surface area contributed by atoms with Crippen molar-refractivity contribution < 1.29 is 0 Å². The number of nitrogens with two attached hydrogens (primary N) is 1. The number of likely N-dealkylation sites (tertiary alicyclic amines) is 1. The van der Waals surface area contributed by atoms with Crippen molar-refractivity contribution >= 4 is 0 Å². The van der Waals surface area contributed by atoms with E-state index in [0.29, 0.717) is 0 Å². The van der Waals surface area contributed by atoms with Gasteiger partial charge in [-0.15, -0.1) is 0 Å². The van der Waals surface area contributed by atoms with Gasteiger partial charge >= 0.3 is 0 Å². The summed E-state index contributed by atoms with van der Waals surface area (Å²) in [7, 11) is 0. The van der Waals surface area contributed by atoms with Crippen LogP contribution in [0.4, 0.5) is 0 Å². The first-order chi connectivity index (χ1) is 6.33. The van der Waals surface area contributed by atoms with Crippen molar-refractivity contribution in [1.82, 2.24) is 4.90 Å². The molecule has 3 unspecified atom stereocenters. The Hall–Kier alpha value is -0.0800. The highest BCUT2D eigenvalue weighted by atomic mass is 15.2. The lowest BCUT2D eigenvalue weighted by Crippen LogP contribution is -2.37. The van der Waals surface area contributed by atoms with Crippen molar-refractivity contribution in [2.75, 3.05) is 19.6 Å². The Balaban J connectivity index is 1.99. The van der Waals surface area contributed by atoms with E-state index in [1.54, 1.807) is 0 Å². The maximum absolute atomic E-state index is 5.63. The van der Waals surface area contributed by atoms with E-state index in [2.05, 4.69) is 11.8 Å². The van der Waals surface area contributed by atoms with Gasteiger partial charge in [0, 0.05) is 25.7 Å². The maximum atomic E-state index is 5.63. The Morgan fingerprint density at radius 1 is 1.31 bits per heavy atom. The highest BCUT2D eigenvalue weighted by Gasteiger charge is 2.39. The highest BCUT2D eigenvalue weighted by molar-refractivity contribution is 4.93. The molecule has 0 spiro atoms. The number of hydrogen-bond acceptors (Lipinski definition) is 2. The topological polar surface area (TPSA) is 29.3 Å². The zero-order valence-corrected chi connectivity index (χ0v) is 8.71. The number of rotatable bonds is 2. The van der Waals surface area contributed by atoms with Gasteiger partial charge in [0.1, 0.15) is 0 Å². The zero-order chi connectivity index (χ0) is 9.26. The third-order valence-electron chi connectivity index (χ3n) is 3.92. The number of hydrogen-bond donors (Lipinski definition) is 1. The molecular formula is C11H22N2. The minimum absolute atomic E-state index is 0.829. The van der Waals surface area contributed by atoms with Crippen LogP contribution in [0.1, 0.15) is 32.6 Å². The molecule has 2 N–H and O–H groups in total. The van der Waals surface area contributed by atoms with Crippen LogP contribution >= 0.6 is 0 Å². The molecule has 0 aromatic heterocycles. The van der Waals surface area contributed by atoms with Gasteiger partial charge in [-0.1, -0.05) is 19.8 Å². The Labute approximate surface area is 81.5 Å². The number of fused-ring (bicyclic) bond motifs is 1. The fourth-order valence-electron chi connectivity index (χ4n) is 3.32. The Morgan fingerprint density at radius 2 is 2.08 bits per heavy atom. The quantitative estimate of drug-likeness (QED) is 0.700. The molecule has 0 amide bonds. The second kappa shape index (κ2) is 3.97. The molecule has 2 nitrogen and oxygen atoms in total. The average molecular weight is 182 g/mol. The van der Waals surface area contributed by atoms with Crippen molar-refractivity contribution in [2.45, 2.75) is 38.6 Å². The van der Waals surface area contributed by atoms with E-state index in [1.165, 1.54) is 32.2 Å². The first-order valence-corrected chi connectivity index (χ1v) is 5.77. The van der Waals surface area contributed by atoms with Crippen molar-refractivity contribution in [3.63, 3.8) is 0 Å². The highest BCUT2D eigenvalue weighted by Crippen LogP contribution is 2.39. The largest absolute Gasteiger partial charge is 0.329 e. The van der Waals surface area contributed by atoms with Crippen LogP contribution in [0, 0.1) is 11.8 Å². The molecule has 1 saturated carbocycles. The monoisotopic (exact) mass is 182 g/mol. The van der Waals surface area contributed by atoms with Gasteiger partial charge in [-0.3, -0.25) is 4.90 Å². The molecule has 1 saturated heterocycles. The second-order valence-electron chi connectivity index (χ2n) is 4.78. The minimum Gasteiger partial charge on any atom is -0.329 e. The van der Waals surface area contributed by atoms with Crippen LogP contribution in [0.2, 0.25) is 0 Å². The Morgan fingerprint density at radius 3 is 2.85 bits per heavy atom. The van der Waals surface area contributed by atoms with Gasteiger partial charge in [0.15, 0.2) is 0 Å². The molecule has 76 valence electrons. The third kappa shape index (κ3) is 1.75. The number of nitrogens with zero attached hydrogens (tertiary/aromatic N) is 1. The molecule has 0 bridgehead atoms. The lowest BCUT2D eigenvalue weighted by atomic mass is 9.80. The molecule has 1 aliphatic carbocycles. The van der Waals surface area contributed by atoms with Crippen LogP contribution < -0.4 is 5.73 Å². The molecular weight excluding hydrogens is 160 g/mol. The van der Waals surface area contributed by atoms with Gasteiger partial charge in [-0.2, -0.15) is 0 Å². The second-order valence-corrected chi connectivity index (χ2v) is 4.78.